The Labute approximate surface area is 117 Å². The van der Waals surface area contributed by atoms with E-state index in [1.165, 1.54) is 12.1 Å². The minimum Gasteiger partial charge on any atom is -0.492 e. The maximum absolute atomic E-state index is 12.7. The summed E-state index contributed by atoms with van der Waals surface area (Å²) in [6.45, 7) is 2.00. The highest BCUT2D eigenvalue weighted by molar-refractivity contribution is 5.83. The summed E-state index contributed by atoms with van der Waals surface area (Å²) in [7, 11) is 0. The number of carbonyl (C=O) groups excluding carboxylic acids is 1. The minimum atomic E-state index is -1.44. The fourth-order valence-corrected chi connectivity index (χ4v) is 2.34. The van der Waals surface area contributed by atoms with E-state index in [1.807, 2.05) is 4.90 Å². The molecule has 1 aliphatic rings. The molecule has 0 bridgehead atoms. The van der Waals surface area contributed by atoms with Crippen LogP contribution in [0.4, 0.5) is 4.39 Å². The van der Waals surface area contributed by atoms with Crippen molar-refractivity contribution in [1.29, 1.82) is 0 Å². The van der Waals surface area contributed by atoms with Crippen LogP contribution in [-0.2, 0) is 4.79 Å². The summed E-state index contributed by atoms with van der Waals surface area (Å²) >= 11 is 0. The number of likely N-dealkylation sites (tertiary alicyclic amines) is 1. The van der Waals surface area contributed by atoms with Gasteiger partial charge in [0.2, 0.25) is 0 Å². The van der Waals surface area contributed by atoms with E-state index >= 15 is 0 Å². The van der Waals surface area contributed by atoms with Crippen molar-refractivity contribution in [2.24, 2.45) is 5.73 Å². The molecule has 1 unspecified atom stereocenters. The Morgan fingerprint density at radius 1 is 1.45 bits per heavy atom. The summed E-state index contributed by atoms with van der Waals surface area (Å²) in [6.07, 6.45) is 1.12. The van der Waals surface area contributed by atoms with Crippen molar-refractivity contribution < 1.29 is 19.0 Å². The lowest BCUT2D eigenvalue weighted by molar-refractivity contribution is -0.142. The Hall–Kier alpha value is -1.66. The Morgan fingerprint density at radius 3 is 2.80 bits per heavy atom. The van der Waals surface area contributed by atoms with E-state index in [1.54, 1.807) is 12.1 Å². The number of nitrogens with zero attached hydrogens (tertiary/aromatic N) is 1. The van der Waals surface area contributed by atoms with Gasteiger partial charge in [0.15, 0.2) is 5.60 Å². The van der Waals surface area contributed by atoms with Crippen LogP contribution in [0.5, 0.6) is 5.75 Å². The second-order valence-corrected chi connectivity index (χ2v) is 5.08. The van der Waals surface area contributed by atoms with Gasteiger partial charge in [0.25, 0.3) is 5.91 Å². The van der Waals surface area contributed by atoms with Crippen LogP contribution in [0, 0.1) is 5.82 Å². The predicted molar refractivity (Wildman–Crippen MR) is 71.7 cm³/mol. The van der Waals surface area contributed by atoms with Crippen molar-refractivity contribution in [2.75, 3.05) is 26.2 Å². The molecule has 1 saturated heterocycles. The zero-order valence-electron chi connectivity index (χ0n) is 11.2. The van der Waals surface area contributed by atoms with Gasteiger partial charge in [-0.3, -0.25) is 9.69 Å². The van der Waals surface area contributed by atoms with Gasteiger partial charge in [-0.15, -0.1) is 0 Å². The Balaban J connectivity index is 1.79. The smallest absolute Gasteiger partial charge is 0.250 e. The molecule has 5 nitrogen and oxygen atoms in total. The molecule has 110 valence electrons. The van der Waals surface area contributed by atoms with Gasteiger partial charge < -0.3 is 15.6 Å². The Bertz CT molecular complexity index is 466. The summed E-state index contributed by atoms with van der Waals surface area (Å²) in [5.41, 5.74) is 3.78. The van der Waals surface area contributed by atoms with Crippen LogP contribution in [0.25, 0.3) is 0 Å². The van der Waals surface area contributed by atoms with Gasteiger partial charge in [-0.2, -0.15) is 0 Å². The van der Waals surface area contributed by atoms with Crippen LogP contribution in [0.1, 0.15) is 12.8 Å². The van der Waals surface area contributed by atoms with Gasteiger partial charge >= 0.3 is 0 Å². The van der Waals surface area contributed by atoms with Crippen LogP contribution in [0.3, 0.4) is 0 Å². The number of primary amides is 1. The molecule has 2 rings (SSSR count). The summed E-state index contributed by atoms with van der Waals surface area (Å²) in [4.78, 5) is 13.2. The third-order valence-corrected chi connectivity index (χ3v) is 3.50. The summed E-state index contributed by atoms with van der Waals surface area (Å²) in [5.74, 6) is -0.393. The summed E-state index contributed by atoms with van der Waals surface area (Å²) < 4.78 is 18.2. The molecule has 0 radical (unpaired) electrons. The highest BCUT2D eigenvalue weighted by Crippen LogP contribution is 2.20. The number of halogens is 1. The molecule has 20 heavy (non-hydrogen) atoms. The number of ether oxygens (including phenoxy) is 1. The molecule has 1 aromatic carbocycles. The molecule has 0 aliphatic carbocycles. The fourth-order valence-electron chi connectivity index (χ4n) is 2.34. The third-order valence-electron chi connectivity index (χ3n) is 3.50. The minimum absolute atomic E-state index is 0.231. The second kappa shape index (κ2) is 6.19. The van der Waals surface area contributed by atoms with Crippen LogP contribution >= 0.6 is 0 Å². The summed E-state index contributed by atoms with van der Waals surface area (Å²) in [6, 6.07) is 5.79. The molecule has 0 saturated carbocycles. The topological polar surface area (TPSA) is 75.8 Å². The van der Waals surface area contributed by atoms with Gasteiger partial charge in [-0.25, -0.2) is 4.39 Å². The summed E-state index contributed by atoms with van der Waals surface area (Å²) in [5, 5.41) is 10.1. The number of β-amino-alcohol motifs (C(OH)–C–C–N with tert-alkyl or cyclic N) is 1. The lowest BCUT2D eigenvalue weighted by Gasteiger charge is -2.36. The highest BCUT2D eigenvalue weighted by atomic mass is 19.1. The van der Waals surface area contributed by atoms with Crippen molar-refractivity contribution in [3.8, 4) is 5.75 Å². The van der Waals surface area contributed by atoms with Crippen molar-refractivity contribution in [2.45, 2.75) is 18.4 Å². The highest BCUT2D eigenvalue weighted by Gasteiger charge is 2.38. The van der Waals surface area contributed by atoms with Gasteiger partial charge in [0.1, 0.15) is 18.2 Å². The van der Waals surface area contributed by atoms with Gasteiger partial charge in [-0.05, 0) is 43.7 Å². The monoisotopic (exact) mass is 282 g/mol. The number of hydrogen-bond acceptors (Lipinski definition) is 4. The largest absolute Gasteiger partial charge is 0.492 e. The first-order valence-electron chi connectivity index (χ1n) is 6.63. The lowest BCUT2D eigenvalue weighted by atomic mass is 9.92. The average Bonchev–Trinajstić information content (AvgIpc) is 2.41. The molecule has 0 spiro atoms. The zero-order chi connectivity index (χ0) is 14.6. The van der Waals surface area contributed by atoms with Crippen LogP contribution in [-0.4, -0.2) is 47.8 Å². The van der Waals surface area contributed by atoms with Crippen molar-refractivity contribution in [3.05, 3.63) is 30.1 Å². The van der Waals surface area contributed by atoms with Crippen molar-refractivity contribution in [3.63, 3.8) is 0 Å². The van der Waals surface area contributed by atoms with E-state index in [2.05, 4.69) is 0 Å². The van der Waals surface area contributed by atoms with E-state index in [9.17, 15) is 14.3 Å². The molecule has 1 amide bonds. The molecule has 0 aromatic heterocycles. The maximum atomic E-state index is 12.7. The number of amides is 1. The maximum Gasteiger partial charge on any atom is 0.250 e. The number of nitrogens with two attached hydrogens (primary N) is 1. The molecule has 1 fully saturated rings. The molecule has 1 heterocycles. The third kappa shape index (κ3) is 3.68. The van der Waals surface area contributed by atoms with E-state index in [4.69, 9.17) is 10.5 Å². The van der Waals surface area contributed by atoms with E-state index < -0.39 is 11.5 Å². The Morgan fingerprint density at radius 2 is 2.15 bits per heavy atom. The SMILES string of the molecule is NC(=O)C1(O)CCCN(CCOc2ccc(F)cc2)C1. The quantitative estimate of drug-likeness (QED) is 0.825. The first-order valence-corrected chi connectivity index (χ1v) is 6.63. The van der Waals surface area contributed by atoms with Gasteiger partial charge in [0.05, 0.1) is 0 Å². The fraction of sp³-hybridized carbons (Fsp3) is 0.500. The first kappa shape index (κ1) is 14.7. The number of piperidine rings is 1. The Kier molecular flexibility index (Phi) is 4.57. The van der Waals surface area contributed by atoms with Crippen molar-refractivity contribution >= 4 is 5.91 Å². The predicted octanol–water partition coefficient (Wildman–Crippen LogP) is 0.517. The molecular formula is C14H19FN2O3. The molecule has 1 aliphatic heterocycles. The molecule has 1 aromatic rings. The zero-order valence-corrected chi connectivity index (χ0v) is 11.2. The average molecular weight is 282 g/mol. The van der Waals surface area contributed by atoms with Gasteiger partial charge in [0, 0.05) is 13.1 Å². The molecule has 1 atom stereocenters. The lowest BCUT2D eigenvalue weighted by Crippen LogP contribution is -2.56. The molecule has 3 N–H and O–H groups in total. The second-order valence-electron chi connectivity index (χ2n) is 5.08. The van der Waals surface area contributed by atoms with Crippen LogP contribution in [0.15, 0.2) is 24.3 Å². The molecule has 6 heteroatoms. The number of aliphatic hydroxyl groups is 1. The van der Waals surface area contributed by atoms with Crippen molar-refractivity contribution in [1.82, 2.24) is 4.90 Å². The standard InChI is InChI=1S/C14H19FN2O3/c15-11-2-4-12(5-3-11)20-9-8-17-7-1-6-14(19,10-17)13(16)18/h2-5,19H,1,6-10H2,(H2,16,18). The normalized spacial score (nSPS) is 23.5. The van der Waals surface area contributed by atoms with E-state index in [-0.39, 0.29) is 12.4 Å². The molecular weight excluding hydrogens is 263 g/mol. The number of carbonyl (C=O) groups is 1. The van der Waals surface area contributed by atoms with Crippen LogP contribution in [0.2, 0.25) is 0 Å². The first-order chi connectivity index (χ1) is 9.49. The number of hydrogen-bond donors (Lipinski definition) is 2. The number of benzene rings is 1. The van der Waals surface area contributed by atoms with E-state index in [0.29, 0.717) is 25.3 Å². The van der Waals surface area contributed by atoms with Gasteiger partial charge in [-0.1, -0.05) is 0 Å². The van der Waals surface area contributed by atoms with E-state index in [0.717, 1.165) is 13.0 Å². The van der Waals surface area contributed by atoms with Crippen LogP contribution < -0.4 is 10.5 Å². The number of rotatable bonds is 5.